The summed E-state index contributed by atoms with van der Waals surface area (Å²) in [6.07, 6.45) is -0.277. The molecule has 0 radical (unpaired) electrons. The molecule has 0 aromatic carbocycles. The van der Waals surface area contributed by atoms with Gasteiger partial charge in [-0.3, -0.25) is 0 Å². The third kappa shape index (κ3) is 4.78. The predicted octanol–water partition coefficient (Wildman–Crippen LogP) is 3.25. The number of hydrogen-bond donors (Lipinski definition) is 0. The molecule has 21 heavy (non-hydrogen) atoms. The third-order valence-electron chi connectivity index (χ3n) is 3.19. The molecule has 6 heteroatoms. The Morgan fingerprint density at radius 3 is 2.38 bits per heavy atom. The lowest BCUT2D eigenvalue weighted by Gasteiger charge is -2.31. The van der Waals surface area contributed by atoms with Crippen molar-refractivity contribution in [3.8, 4) is 11.5 Å². The van der Waals surface area contributed by atoms with Crippen LogP contribution in [0.2, 0.25) is 19.6 Å². The Morgan fingerprint density at radius 2 is 1.81 bits per heavy atom. The predicted molar refractivity (Wildman–Crippen MR) is 83.4 cm³/mol. The first kappa shape index (κ1) is 15.9. The van der Waals surface area contributed by atoms with Crippen molar-refractivity contribution in [1.29, 1.82) is 0 Å². The van der Waals surface area contributed by atoms with Gasteiger partial charge >= 0.3 is 0 Å². The number of aryl methyl sites for hydroxylation is 1. The van der Waals surface area contributed by atoms with Crippen molar-refractivity contribution in [2.24, 2.45) is 0 Å². The van der Waals surface area contributed by atoms with Crippen LogP contribution in [0.15, 0.2) is 6.07 Å². The Labute approximate surface area is 125 Å². The molecule has 0 atom stereocenters. The van der Waals surface area contributed by atoms with Crippen LogP contribution in [0.4, 0.5) is 14.7 Å². The Balaban J connectivity index is 2.21. The van der Waals surface area contributed by atoms with Gasteiger partial charge in [-0.2, -0.15) is 0 Å². The summed E-state index contributed by atoms with van der Waals surface area (Å²) in [6, 6.07) is 1.84. The van der Waals surface area contributed by atoms with Crippen LogP contribution in [0.3, 0.4) is 0 Å². The van der Waals surface area contributed by atoms with Gasteiger partial charge in [-0.1, -0.05) is 25.6 Å². The molecule has 1 aromatic heterocycles. The minimum Gasteiger partial charge on any atom is -0.340 e. The maximum Gasteiger partial charge on any atom is 0.251 e. The SMILES string of the molecule is Cc1cc(C#C[Si](C)(C)C)nc(N2CCC(F)(F)CC2)n1. The molecule has 3 nitrogen and oxygen atoms in total. The van der Waals surface area contributed by atoms with Gasteiger partial charge in [0.25, 0.3) is 5.92 Å². The highest BCUT2D eigenvalue weighted by atomic mass is 28.3. The van der Waals surface area contributed by atoms with E-state index in [0.717, 1.165) is 5.69 Å². The van der Waals surface area contributed by atoms with Gasteiger partial charge < -0.3 is 4.90 Å². The number of anilines is 1. The van der Waals surface area contributed by atoms with Gasteiger partial charge in [0.05, 0.1) is 0 Å². The van der Waals surface area contributed by atoms with Crippen molar-refractivity contribution < 1.29 is 8.78 Å². The monoisotopic (exact) mass is 309 g/mol. The highest BCUT2D eigenvalue weighted by Crippen LogP contribution is 2.29. The van der Waals surface area contributed by atoms with E-state index in [9.17, 15) is 8.78 Å². The van der Waals surface area contributed by atoms with E-state index in [0.29, 0.717) is 11.6 Å². The molecule has 114 valence electrons. The van der Waals surface area contributed by atoms with E-state index in [4.69, 9.17) is 0 Å². The number of nitrogens with zero attached hydrogens (tertiary/aromatic N) is 3. The fourth-order valence-corrected chi connectivity index (χ4v) is 2.55. The minimum atomic E-state index is -2.55. The van der Waals surface area contributed by atoms with Crippen molar-refractivity contribution in [2.75, 3.05) is 18.0 Å². The summed E-state index contributed by atoms with van der Waals surface area (Å²) in [7, 11) is -1.47. The van der Waals surface area contributed by atoms with Crippen molar-refractivity contribution in [1.82, 2.24) is 9.97 Å². The highest BCUT2D eigenvalue weighted by molar-refractivity contribution is 6.83. The number of aromatic nitrogens is 2. The van der Waals surface area contributed by atoms with Gasteiger partial charge in [-0.05, 0) is 13.0 Å². The van der Waals surface area contributed by atoms with Gasteiger partial charge in [-0.25, -0.2) is 18.7 Å². The standard InChI is InChI=1S/C15H21F2N3Si/c1-12-11-13(5-10-21(2,3)4)19-14(18-12)20-8-6-15(16,17)7-9-20/h11H,6-9H2,1-4H3. The zero-order valence-electron chi connectivity index (χ0n) is 13.0. The van der Waals surface area contributed by atoms with E-state index >= 15 is 0 Å². The van der Waals surface area contributed by atoms with E-state index in [1.54, 1.807) is 0 Å². The molecule has 1 fully saturated rings. The van der Waals surface area contributed by atoms with Crippen LogP contribution < -0.4 is 4.90 Å². The van der Waals surface area contributed by atoms with Crippen LogP contribution in [0.1, 0.15) is 24.2 Å². The quantitative estimate of drug-likeness (QED) is 0.589. The molecule has 1 aromatic rings. The first-order chi connectivity index (χ1) is 9.65. The molecule has 0 N–H and O–H groups in total. The first-order valence-corrected chi connectivity index (χ1v) is 10.7. The van der Waals surface area contributed by atoms with E-state index < -0.39 is 14.0 Å². The van der Waals surface area contributed by atoms with Crippen LogP contribution in [-0.2, 0) is 0 Å². The Hall–Kier alpha value is -1.48. The molecule has 0 saturated carbocycles. The van der Waals surface area contributed by atoms with Gasteiger partial charge in [0.2, 0.25) is 5.95 Å². The summed E-state index contributed by atoms with van der Waals surface area (Å²) >= 11 is 0. The largest absolute Gasteiger partial charge is 0.340 e. The molecule has 1 aliphatic heterocycles. The second kappa shape index (κ2) is 5.72. The maximum absolute atomic E-state index is 13.2. The molecule has 0 spiro atoms. The average molecular weight is 309 g/mol. The summed E-state index contributed by atoms with van der Waals surface area (Å²) < 4.78 is 26.4. The van der Waals surface area contributed by atoms with Crippen LogP contribution in [-0.4, -0.2) is 37.1 Å². The molecule has 0 bridgehead atoms. The lowest BCUT2D eigenvalue weighted by atomic mass is 10.1. The number of alkyl halides is 2. The van der Waals surface area contributed by atoms with Crippen LogP contribution in [0.25, 0.3) is 0 Å². The van der Waals surface area contributed by atoms with E-state index in [-0.39, 0.29) is 25.9 Å². The molecular weight excluding hydrogens is 288 g/mol. The fourth-order valence-electron chi connectivity index (χ4n) is 2.04. The molecule has 2 rings (SSSR count). The van der Waals surface area contributed by atoms with Crippen LogP contribution in [0, 0.1) is 18.4 Å². The maximum atomic E-state index is 13.2. The second-order valence-electron chi connectivity index (χ2n) is 6.54. The van der Waals surface area contributed by atoms with E-state index in [1.165, 1.54) is 0 Å². The van der Waals surface area contributed by atoms with Crippen molar-refractivity contribution in [2.45, 2.75) is 45.3 Å². The summed E-state index contributed by atoms with van der Waals surface area (Å²) in [5, 5.41) is 0. The molecule has 0 unspecified atom stereocenters. The van der Waals surface area contributed by atoms with Crippen LogP contribution in [0.5, 0.6) is 0 Å². The number of piperidine rings is 1. The molecule has 0 aliphatic carbocycles. The van der Waals surface area contributed by atoms with Crippen molar-refractivity contribution in [3.63, 3.8) is 0 Å². The highest BCUT2D eigenvalue weighted by Gasteiger charge is 2.34. The molecule has 1 aliphatic rings. The Bertz CT molecular complexity index is 575. The van der Waals surface area contributed by atoms with Gasteiger partial charge in [0.1, 0.15) is 13.8 Å². The Kier molecular flexibility index (Phi) is 4.33. The minimum absolute atomic E-state index is 0.139. The lowest BCUT2D eigenvalue weighted by Crippen LogP contribution is -2.40. The summed E-state index contributed by atoms with van der Waals surface area (Å²) in [5.41, 5.74) is 4.76. The molecular formula is C15H21F2N3Si. The summed E-state index contributed by atoms with van der Waals surface area (Å²) in [4.78, 5) is 10.6. The van der Waals surface area contributed by atoms with Crippen molar-refractivity contribution >= 4 is 14.0 Å². The van der Waals surface area contributed by atoms with E-state index in [2.05, 4.69) is 41.1 Å². The summed E-state index contributed by atoms with van der Waals surface area (Å²) in [6.45, 7) is 8.96. The zero-order valence-corrected chi connectivity index (χ0v) is 14.0. The van der Waals surface area contributed by atoms with Crippen LogP contribution >= 0.6 is 0 Å². The smallest absolute Gasteiger partial charge is 0.251 e. The Morgan fingerprint density at radius 1 is 1.19 bits per heavy atom. The summed E-state index contributed by atoms with van der Waals surface area (Å²) in [5.74, 6) is 1.07. The molecule has 1 saturated heterocycles. The zero-order chi connectivity index (χ0) is 15.7. The molecule has 2 heterocycles. The average Bonchev–Trinajstić information content (AvgIpc) is 2.35. The molecule has 0 amide bonds. The van der Waals surface area contributed by atoms with Crippen molar-refractivity contribution in [3.05, 3.63) is 17.5 Å². The normalized spacial score (nSPS) is 18.1. The first-order valence-electron chi connectivity index (χ1n) is 7.16. The van der Waals surface area contributed by atoms with E-state index in [1.807, 2.05) is 17.9 Å². The lowest BCUT2D eigenvalue weighted by molar-refractivity contribution is -0.0222. The van der Waals surface area contributed by atoms with Gasteiger partial charge in [0.15, 0.2) is 0 Å². The number of hydrogen-bond acceptors (Lipinski definition) is 3. The number of halogens is 2. The number of rotatable bonds is 1. The van der Waals surface area contributed by atoms with Gasteiger partial charge in [0, 0.05) is 31.6 Å². The third-order valence-corrected chi connectivity index (χ3v) is 4.06. The van der Waals surface area contributed by atoms with Gasteiger partial charge in [-0.15, -0.1) is 5.54 Å². The fraction of sp³-hybridized carbons (Fsp3) is 0.600. The topological polar surface area (TPSA) is 29.0 Å². The second-order valence-corrected chi connectivity index (χ2v) is 11.3.